The van der Waals surface area contributed by atoms with Crippen LogP contribution in [0.4, 0.5) is 4.48 Å². The van der Waals surface area contributed by atoms with E-state index < -0.39 is 89.3 Å². The van der Waals surface area contributed by atoms with Gasteiger partial charge < -0.3 is 61.8 Å². The van der Waals surface area contributed by atoms with Crippen molar-refractivity contribution in [2.45, 2.75) is 0 Å². The molecule has 0 rings (SSSR count). The van der Waals surface area contributed by atoms with Crippen LogP contribution in [0.3, 0.4) is 0 Å². The quantitative estimate of drug-likeness (QED) is 0.0589. The molecule has 0 bridgehead atoms. The van der Waals surface area contributed by atoms with Gasteiger partial charge in [-0.15, -0.1) is 4.48 Å². The Morgan fingerprint density at radius 1 is 0.706 bits per heavy atom. The number of hydrogen-bond acceptors (Lipinski definition) is 16. The van der Waals surface area contributed by atoms with E-state index in [4.69, 9.17) is 9.79 Å². The molecule has 23 heteroatoms. The highest BCUT2D eigenvalue weighted by molar-refractivity contribution is 7.46. The largest absolute Gasteiger partial charge is 0.756 e. The van der Waals surface area contributed by atoms with Crippen molar-refractivity contribution in [3.8, 4) is 0 Å². The molecule has 6 atom stereocenters. The molecule has 0 aliphatic heterocycles. The average Bonchev–Trinajstić information content (AvgIpc) is 2.68. The Kier molecular flexibility index (Phi) is 16.3. The molecule has 206 valence electrons. The Balaban J connectivity index is 4.43. The molecular weight excluding hydrogens is 559 g/mol. The summed E-state index contributed by atoms with van der Waals surface area (Å²) in [4.78, 5) is 61.6. The van der Waals surface area contributed by atoms with Gasteiger partial charge in [-0.05, 0) is 7.05 Å². The van der Waals surface area contributed by atoms with E-state index in [9.17, 15) is 42.3 Å². The van der Waals surface area contributed by atoms with E-state index in [1.54, 1.807) is 0 Å². The van der Waals surface area contributed by atoms with Crippen LogP contribution in [0.15, 0.2) is 0 Å². The summed E-state index contributed by atoms with van der Waals surface area (Å²) in [6.45, 7) is -5.14. The van der Waals surface area contributed by atoms with Gasteiger partial charge in [0.05, 0.1) is 39.6 Å². The molecule has 0 saturated heterocycles. The van der Waals surface area contributed by atoms with Gasteiger partial charge >= 0.3 is 0 Å². The normalized spacial score (nSPS) is 21.1. The zero-order valence-electron chi connectivity index (χ0n) is 17.6. The smallest absolute Gasteiger partial charge is 0.267 e. The first-order valence-electron chi connectivity index (χ1n) is 9.03. The van der Waals surface area contributed by atoms with E-state index in [1.807, 2.05) is 0 Å². The Hall–Kier alpha value is 0.290. The van der Waals surface area contributed by atoms with Crippen LogP contribution in [0, 0.1) is 11.8 Å². The Labute approximate surface area is 193 Å². The number of nitrogens with one attached hydrogen (secondary N) is 2. The Morgan fingerprint density at radius 2 is 1.06 bits per heavy atom. The first kappa shape index (κ1) is 34.3. The average molecular weight is 584 g/mol. The molecule has 0 saturated carbocycles. The first-order valence-corrected chi connectivity index (χ1v) is 14.9. The molecule has 4 N–H and O–H groups in total. The van der Waals surface area contributed by atoms with Crippen molar-refractivity contribution in [2.75, 3.05) is 59.8 Å². The highest BCUT2D eigenvalue weighted by Gasteiger charge is 2.19. The predicted octanol–water partition coefficient (Wildman–Crippen LogP) is -3.13. The lowest BCUT2D eigenvalue weighted by atomic mass is 10.2. The van der Waals surface area contributed by atoms with Crippen LogP contribution in [0.1, 0.15) is 0 Å². The molecule has 0 aliphatic rings. The zero-order chi connectivity index (χ0) is 26.5. The Morgan fingerprint density at radius 3 is 1.38 bits per heavy atom. The van der Waals surface area contributed by atoms with E-state index in [0.717, 1.165) is 5.54 Å². The van der Waals surface area contributed by atoms with Gasteiger partial charge in [0.1, 0.15) is 0 Å². The Bertz CT molecular complexity index is 701. The molecular formula is C11H25FN2O16P4-4. The molecule has 18 nitrogen and oxygen atoms in total. The van der Waals surface area contributed by atoms with Crippen LogP contribution in [0.5, 0.6) is 0 Å². The summed E-state index contributed by atoms with van der Waals surface area (Å²) < 4.78 is 82.5. The molecule has 0 spiro atoms. The minimum Gasteiger partial charge on any atom is -0.756 e. The van der Waals surface area contributed by atoms with Crippen LogP contribution < -0.4 is 30.4 Å². The van der Waals surface area contributed by atoms with Gasteiger partial charge in [0.15, 0.2) is 0 Å². The van der Waals surface area contributed by atoms with Crippen molar-refractivity contribution < 1.29 is 79.2 Å². The molecule has 0 radical (unpaired) electrons. The minimum absolute atomic E-state index is 0.0362. The summed E-state index contributed by atoms with van der Waals surface area (Å²) in [5.41, 5.74) is 1.13. The fraction of sp³-hybridized carbons (Fsp3) is 1.00. The highest BCUT2D eigenvalue weighted by atomic mass is 31.2. The number of phosphoric acid groups is 4. The van der Waals surface area contributed by atoms with Gasteiger partial charge in [-0.2, -0.15) is 5.54 Å². The van der Waals surface area contributed by atoms with Gasteiger partial charge in [0.2, 0.25) is 0 Å². The highest BCUT2D eigenvalue weighted by Crippen LogP contribution is 2.41. The fourth-order valence-electron chi connectivity index (χ4n) is 1.89. The molecule has 34 heavy (non-hydrogen) atoms. The second-order valence-corrected chi connectivity index (χ2v) is 11.5. The van der Waals surface area contributed by atoms with E-state index in [2.05, 4.69) is 32.5 Å². The number of hydrogen-bond donors (Lipinski definition) is 4. The summed E-state index contributed by atoms with van der Waals surface area (Å²) in [7, 11) is -18.8. The third-order valence-electron chi connectivity index (χ3n) is 3.32. The summed E-state index contributed by atoms with van der Waals surface area (Å²) in [6.07, 6.45) is 0. The van der Waals surface area contributed by atoms with Gasteiger partial charge in [0.25, 0.3) is 31.3 Å². The molecule has 0 aromatic carbocycles. The number of halogens is 1. The van der Waals surface area contributed by atoms with E-state index >= 15 is 0 Å². The van der Waals surface area contributed by atoms with Gasteiger partial charge in [-0.25, -0.2) is 0 Å². The molecule has 0 aromatic rings. The topological polar surface area (TPSA) is 280 Å². The van der Waals surface area contributed by atoms with Crippen LogP contribution >= 0.6 is 31.3 Å². The fourth-order valence-corrected chi connectivity index (χ4v) is 4.23. The summed E-state index contributed by atoms with van der Waals surface area (Å²) in [6, 6.07) is 0. The molecule has 0 heterocycles. The minimum atomic E-state index is -5.14. The van der Waals surface area contributed by atoms with Crippen molar-refractivity contribution in [2.24, 2.45) is 11.8 Å². The summed E-state index contributed by atoms with van der Waals surface area (Å²) in [5, 5.41) is 2.61. The maximum atomic E-state index is 12.2. The van der Waals surface area contributed by atoms with E-state index in [1.165, 1.54) is 7.05 Å². The van der Waals surface area contributed by atoms with Crippen molar-refractivity contribution in [3.63, 3.8) is 0 Å². The maximum absolute atomic E-state index is 12.2. The van der Waals surface area contributed by atoms with Crippen molar-refractivity contribution in [3.05, 3.63) is 0 Å². The van der Waals surface area contributed by atoms with E-state index in [0.29, 0.717) is 0 Å². The number of phosphoric ester groups is 4. The van der Waals surface area contributed by atoms with Gasteiger partial charge in [-0.3, -0.25) is 18.3 Å². The van der Waals surface area contributed by atoms with Crippen molar-refractivity contribution in [1.29, 1.82) is 0 Å². The molecule has 0 aliphatic carbocycles. The lowest BCUT2D eigenvalue weighted by Gasteiger charge is -2.28. The standard InChI is InChI=1S/C11H29FN2O16P4/c1-13-4-10(6-27-31(15,16)17)8-29-33(21,22)25-2-3-26-34(23,24)30-9-11(5-14-12)7-28-32(18,19)20/h10-11,13-14H,2-9H2,1H3,(H,21,22)(H,23,24)(H2,15,16,17)(H2,18,19,20)/p-4. The molecule has 6 unspecified atom stereocenters. The molecule has 0 aromatic heterocycles. The van der Waals surface area contributed by atoms with E-state index in [-0.39, 0.29) is 6.54 Å². The first-order chi connectivity index (χ1) is 15.5. The van der Waals surface area contributed by atoms with Crippen LogP contribution in [0.2, 0.25) is 0 Å². The second kappa shape index (κ2) is 16.2. The summed E-state index contributed by atoms with van der Waals surface area (Å²) >= 11 is 0. The maximum Gasteiger partial charge on any atom is 0.267 e. The lowest BCUT2D eigenvalue weighted by Crippen LogP contribution is -2.28. The predicted molar refractivity (Wildman–Crippen MR) is 101 cm³/mol. The SMILES string of the molecule is CNCC(COP(=O)([O-])O)COP(=O)([O-])OCCOP(=O)([O-])OCC(CNF)COP(=O)([O-])O. The van der Waals surface area contributed by atoms with Gasteiger partial charge in [-0.1, -0.05) is 0 Å². The van der Waals surface area contributed by atoms with Crippen LogP contribution in [-0.2, 0) is 45.4 Å². The monoisotopic (exact) mass is 584 g/mol. The van der Waals surface area contributed by atoms with Gasteiger partial charge in [0, 0.05) is 24.9 Å². The van der Waals surface area contributed by atoms with Crippen LogP contribution in [0.25, 0.3) is 0 Å². The number of rotatable bonds is 21. The molecule has 0 fully saturated rings. The van der Waals surface area contributed by atoms with Crippen LogP contribution in [-0.4, -0.2) is 69.6 Å². The zero-order valence-corrected chi connectivity index (χ0v) is 21.2. The van der Waals surface area contributed by atoms with Crippen molar-refractivity contribution in [1.82, 2.24) is 10.9 Å². The third kappa shape index (κ3) is 20.5. The molecule has 0 amide bonds. The van der Waals surface area contributed by atoms with Crippen molar-refractivity contribution >= 4 is 31.3 Å². The second-order valence-electron chi connectivity index (χ2n) is 6.31. The summed E-state index contributed by atoms with van der Waals surface area (Å²) in [5.74, 6) is -2.03. The lowest BCUT2D eigenvalue weighted by molar-refractivity contribution is -0.235. The third-order valence-corrected chi connectivity index (χ3v) is 6.20.